The van der Waals surface area contributed by atoms with Crippen LogP contribution in [0.3, 0.4) is 0 Å². The molecule has 0 atom stereocenters. The normalized spacial score (nSPS) is 10.8. The number of hydrogen-bond acceptors (Lipinski definition) is 4. The van der Waals surface area contributed by atoms with Gasteiger partial charge >= 0.3 is 0 Å². The molecule has 3 rings (SSSR count). The second-order valence-corrected chi connectivity index (χ2v) is 7.39. The molecule has 3 aromatic carbocycles. The summed E-state index contributed by atoms with van der Waals surface area (Å²) in [4.78, 5) is 14.6. The van der Waals surface area contributed by atoms with Gasteiger partial charge in [-0.05, 0) is 66.6 Å². The summed E-state index contributed by atoms with van der Waals surface area (Å²) in [5.74, 6) is 1.03. The van der Waals surface area contributed by atoms with E-state index in [9.17, 15) is 9.90 Å². The highest BCUT2D eigenvalue weighted by molar-refractivity contribution is 5.94. The highest BCUT2D eigenvalue weighted by atomic mass is 16.5. The number of nitrogens with one attached hydrogen (secondary N) is 1. The Bertz CT molecular complexity index is 953. The first-order valence-electron chi connectivity index (χ1n) is 10.00. The summed E-state index contributed by atoms with van der Waals surface area (Å²) in [5, 5.41) is 12.3. The number of aromatic hydroxyl groups is 1. The first-order chi connectivity index (χ1) is 14.5. The summed E-state index contributed by atoms with van der Waals surface area (Å²) in [6.07, 6.45) is 0.721. The van der Waals surface area contributed by atoms with Crippen LogP contribution in [-0.2, 0) is 19.5 Å². The molecule has 0 aliphatic carbocycles. The van der Waals surface area contributed by atoms with E-state index in [1.807, 2.05) is 54.6 Å². The van der Waals surface area contributed by atoms with Gasteiger partial charge in [0.2, 0.25) is 0 Å². The molecule has 0 saturated heterocycles. The molecule has 0 radical (unpaired) electrons. The Kier molecular flexibility index (Phi) is 7.46. The summed E-state index contributed by atoms with van der Waals surface area (Å²) in [5.41, 5.74) is 4.07. The van der Waals surface area contributed by atoms with Crippen molar-refractivity contribution in [2.24, 2.45) is 0 Å². The van der Waals surface area contributed by atoms with Crippen molar-refractivity contribution in [2.45, 2.75) is 19.5 Å². The molecule has 0 heterocycles. The molecule has 5 heteroatoms. The summed E-state index contributed by atoms with van der Waals surface area (Å²) in [6, 6.07) is 22.8. The lowest BCUT2D eigenvalue weighted by Crippen LogP contribution is -2.25. The average Bonchev–Trinajstić information content (AvgIpc) is 2.75. The second kappa shape index (κ2) is 10.5. The number of benzene rings is 3. The molecule has 0 bridgehead atoms. The quantitative estimate of drug-likeness (QED) is 0.566. The monoisotopic (exact) mass is 404 g/mol. The summed E-state index contributed by atoms with van der Waals surface area (Å²) in [7, 11) is 3.75. The van der Waals surface area contributed by atoms with Crippen molar-refractivity contribution in [3.63, 3.8) is 0 Å². The highest BCUT2D eigenvalue weighted by Gasteiger charge is 2.07. The minimum Gasteiger partial charge on any atom is -0.508 e. The molecular formula is C25H28N2O3. The van der Waals surface area contributed by atoms with Gasteiger partial charge in [0.05, 0.1) is 7.11 Å². The van der Waals surface area contributed by atoms with Gasteiger partial charge in [0.15, 0.2) is 0 Å². The number of rotatable bonds is 9. The van der Waals surface area contributed by atoms with E-state index in [4.69, 9.17) is 4.74 Å². The van der Waals surface area contributed by atoms with Crippen LogP contribution in [0.2, 0.25) is 0 Å². The molecule has 156 valence electrons. The standard InChI is InChI=1S/C25H28N2O3/c1-27(18-21-4-3-5-24(16-21)30-2)17-20-6-10-22(11-7-20)25(29)26-15-14-19-8-12-23(28)13-9-19/h3-13,16,28H,14-15,17-18H2,1-2H3,(H,26,29). The molecular weight excluding hydrogens is 376 g/mol. The average molecular weight is 405 g/mol. The zero-order chi connectivity index (χ0) is 21.3. The van der Waals surface area contributed by atoms with E-state index in [-0.39, 0.29) is 11.7 Å². The third kappa shape index (κ3) is 6.36. The molecule has 0 unspecified atom stereocenters. The Morgan fingerprint density at radius 1 is 0.933 bits per heavy atom. The first-order valence-corrected chi connectivity index (χ1v) is 10.00. The minimum atomic E-state index is -0.0786. The minimum absolute atomic E-state index is 0.0786. The fourth-order valence-electron chi connectivity index (χ4n) is 3.30. The Hall–Kier alpha value is -3.31. The van der Waals surface area contributed by atoms with Gasteiger partial charge < -0.3 is 15.2 Å². The molecule has 0 aliphatic heterocycles. The Labute approximate surface area is 177 Å². The summed E-state index contributed by atoms with van der Waals surface area (Å²) >= 11 is 0. The Morgan fingerprint density at radius 3 is 2.30 bits per heavy atom. The topological polar surface area (TPSA) is 61.8 Å². The Morgan fingerprint density at radius 2 is 1.60 bits per heavy atom. The molecule has 1 amide bonds. The van der Waals surface area contributed by atoms with Crippen LogP contribution < -0.4 is 10.1 Å². The number of ether oxygens (including phenoxy) is 1. The second-order valence-electron chi connectivity index (χ2n) is 7.39. The van der Waals surface area contributed by atoms with Crippen molar-refractivity contribution in [1.82, 2.24) is 10.2 Å². The van der Waals surface area contributed by atoms with Gasteiger partial charge in [0, 0.05) is 25.2 Å². The van der Waals surface area contributed by atoms with Gasteiger partial charge in [-0.2, -0.15) is 0 Å². The molecule has 3 aromatic rings. The van der Waals surface area contributed by atoms with Crippen molar-refractivity contribution in [3.8, 4) is 11.5 Å². The first kappa shape index (κ1) is 21.4. The van der Waals surface area contributed by atoms with E-state index in [1.54, 1.807) is 19.2 Å². The zero-order valence-corrected chi connectivity index (χ0v) is 17.5. The smallest absolute Gasteiger partial charge is 0.251 e. The largest absolute Gasteiger partial charge is 0.508 e. The molecule has 5 nitrogen and oxygen atoms in total. The van der Waals surface area contributed by atoms with Crippen molar-refractivity contribution < 1.29 is 14.6 Å². The Balaban J connectivity index is 1.47. The van der Waals surface area contributed by atoms with E-state index in [1.165, 1.54) is 5.56 Å². The lowest BCUT2D eigenvalue weighted by Gasteiger charge is -2.17. The fraction of sp³-hybridized carbons (Fsp3) is 0.240. The van der Waals surface area contributed by atoms with Crippen molar-refractivity contribution in [3.05, 3.63) is 95.1 Å². The molecule has 0 aromatic heterocycles. The number of carbonyl (C=O) groups is 1. The van der Waals surface area contributed by atoms with E-state index >= 15 is 0 Å². The van der Waals surface area contributed by atoms with Crippen LogP contribution in [0.1, 0.15) is 27.0 Å². The van der Waals surface area contributed by atoms with Crippen molar-refractivity contribution in [1.29, 1.82) is 0 Å². The summed E-state index contributed by atoms with van der Waals surface area (Å²) in [6.45, 7) is 2.16. The lowest BCUT2D eigenvalue weighted by atomic mass is 10.1. The van der Waals surface area contributed by atoms with Gasteiger partial charge in [-0.25, -0.2) is 0 Å². The lowest BCUT2D eigenvalue weighted by molar-refractivity contribution is 0.0954. The number of methoxy groups -OCH3 is 1. The third-order valence-corrected chi connectivity index (χ3v) is 4.89. The van der Waals surface area contributed by atoms with Crippen molar-refractivity contribution in [2.75, 3.05) is 20.7 Å². The maximum atomic E-state index is 12.4. The van der Waals surface area contributed by atoms with E-state index < -0.39 is 0 Å². The van der Waals surface area contributed by atoms with Gasteiger partial charge in [-0.15, -0.1) is 0 Å². The third-order valence-electron chi connectivity index (χ3n) is 4.89. The number of phenolic OH excluding ortho intramolecular Hbond substituents is 1. The number of amides is 1. The SMILES string of the molecule is COc1cccc(CN(C)Cc2ccc(C(=O)NCCc3ccc(O)cc3)cc2)c1. The number of nitrogens with zero attached hydrogens (tertiary/aromatic N) is 1. The van der Waals surface area contributed by atoms with Crippen LogP contribution in [0, 0.1) is 0 Å². The molecule has 0 fully saturated rings. The fourth-order valence-corrected chi connectivity index (χ4v) is 3.30. The number of carbonyl (C=O) groups excluding carboxylic acids is 1. The van der Waals surface area contributed by atoms with Gasteiger partial charge in [-0.1, -0.05) is 36.4 Å². The maximum absolute atomic E-state index is 12.4. The van der Waals surface area contributed by atoms with E-state index in [2.05, 4.69) is 23.3 Å². The van der Waals surface area contributed by atoms with E-state index in [0.717, 1.165) is 36.4 Å². The van der Waals surface area contributed by atoms with Gasteiger partial charge in [0.1, 0.15) is 11.5 Å². The predicted octanol–water partition coefficient (Wildman–Crippen LogP) is 4.01. The number of hydrogen-bond donors (Lipinski definition) is 2. The van der Waals surface area contributed by atoms with Crippen LogP contribution in [-0.4, -0.2) is 36.6 Å². The molecule has 0 aliphatic rings. The maximum Gasteiger partial charge on any atom is 0.251 e. The van der Waals surface area contributed by atoms with E-state index in [0.29, 0.717) is 12.1 Å². The van der Waals surface area contributed by atoms with Gasteiger partial charge in [0.25, 0.3) is 5.91 Å². The summed E-state index contributed by atoms with van der Waals surface area (Å²) < 4.78 is 5.28. The predicted molar refractivity (Wildman–Crippen MR) is 119 cm³/mol. The van der Waals surface area contributed by atoms with Crippen LogP contribution in [0.15, 0.2) is 72.8 Å². The molecule has 2 N–H and O–H groups in total. The highest BCUT2D eigenvalue weighted by Crippen LogP contribution is 2.15. The molecule has 30 heavy (non-hydrogen) atoms. The van der Waals surface area contributed by atoms with Crippen molar-refractivity contribution >= 4 is 5.91 Å². The molecule has 0 saturated carbocycles. The van der Waals surface area contributed by atoms with Crippen LogP contribution in [0.4, 0.5) is 0 Å². The van der Waals surface area contributed by atoms with Crippen LogP contribution >= 0.6 is 0 Å². The van der Waals surface area contributed by atoms with Crippen LogP contribution in [0.25, 0.3) is 0 Å². The molecule has 0 spiro atoms. The van der Waals surface area contributed by atoms with Crippen LogP contribution in [0.5, 0.6) is 11.5 Å². The van der Waals surface area contributed by atoms with Gasteiger partial charge in [-0.3, -0.25) is 9.69 Å². The number of phenols is 1. The zero-order valence-electron chi connectivity index (χ0n) is 17.5.